The Morgan fingerprint density at radius 2 is 1.15 bits per heavy atom. The van der Waals surface area contributed by atoms with E-state index in [1.165, 1.54) is 5.19 Å². The Morgan fingerprint density at radius 3 is 1.54 bits per heavy atom. The molecule has 4 rings (SSSR count). The molecule has 26 heavy (non-hydrogen) atoms. The van der Waals surface area contributed by atoms with Gasteiger partial charge in [0.05, 0.1) is 19.8 Å². The van der Waals surface area contributed by atoms with Crippen LogP contribution in [0.3, 0.4) is 0 Å². The molecule has 0 aliphatic carbocycles. The Labute approximate surface area is 162 Å². The summed E-state index contributed by atoms with van der Waals surface area (Å²) in [6.45, 7) is 18.4. The maximum atomic E-state index is 6.80. The van der Waals surface area contributed by atoms with E-state index in [1.807, 2.05) is 0 Å². The number of nitrogens with zero attached hydrogens (tertiary/aromatic N) is 1. The first-order chi connectivity index (χ1) is 12.1. The highest BCUT2D eigenvalue weighted by Crippen LogP contribution is 2.39. The molecule has 4 nitrogen and oxygen atoms in total. The fourth-order valence-electron chi connectivity index (χ4n) is 5.49. The summed E-state index contributed by atoms with van der Waals surface area (Å²) in [6.07, 6.45) is 0. The van der Waals surface area contributed by atoms with Crippen LogP contribution in [0.5, 0.6) is 0 Å². The van der Waals surface area contributed by atoms with Crippen LogP contribution < -0.4 is 5.19 Å². The molecule has 8 heteroatoms. The van der Waals surface area contributed by atoms with E-state index in [0.29, 0.717) is 0 Å². The van der Waals surface area contributed by atoms with Crippen LogP contribution in [0, 0.1) is 0 Å². The minimum Gasteiger partial charge on any atom is -0.375 e. The second kappa shape index (κ2) is 7.40. The minimum absolute atomic E-state index is 0.753. The molecule has 0 atom stereocenters. The van der Waals surface area contributed by atoms with Gasteiger partial charge in [0, 0.05) is 34.8 Å². The molecule has 0 radical (unpaired) electrons. The van der Waals surface area contributed by atoms with E-state index in [2.05, 4.69) is 74.5 Å². The smallest absolute Gasteiger partial charge is 0.375 e. The molecule has 146 valence electrons. The summed E-state index contributed by atoms with van der Waals surface area (Å²) in [5.74, 6) is 0. The molecule has 3 fully saturated rings. The summed E-state index contributed by atoms with van der Waals surface area (Å²) in [7, 11) is -6.10. The van der Waals surface area contributed by atoms with E-state index in [4.69, 9.17) is 13.3 Å². The molecule has 0 spiro atoms. The van der Waals surface area contributed by atoms with E-state index < -0.39 is 30.1 Å². The fourth-order valence-corrected chi connectivity index (χ4v) is 77.9. The molecule has 1 aromatic rings. The van der Waals surface area contributed by atoms with Crippen molar-refractivity contribution < 1.29 is 13.3 Å². The lowest BCUT2D eigenvalue weighted by atomic mass is 10.4. The Balaban J connectivity index is 2.28. The first-order valence-corrected chi connectivity index (χ1v) is 23.6. The summed E-state index contributed by atoms with van der Waals surface area (Å²) >= 11 is 0. The Kier molecular flexibility index (Phi) is 5.88. The zero-order valence-corrected chi connectivity index (χ0v) is 21.3. The van der Waals surface area contributed by atoms with Crippen LogP contribution in [0.25, 0.3) is 0 Å². The van der Waals surface area contributed by atoms with Gasteiger partial charge in [0.2, 0.25) is 0 Å². The lowest BCUT2D eigenvalue weighted by Gasteiger charge is -2.57. The second-order valence-electron chi connectivity index (χ2n) is 9.56. The molecule has 0 aromatic heterocycles. The molecule has 3 aliphatic rings. The van der Waals surface area contributed by atoms with Crippen LogP contribution in [0.15, 0.2) is 30.3 Å². The molecular weight excluding hydrogens is 391 g/mol. The van der Waals surface area contributed by atoms with E-state index in [9.17, 15) is 0 Å². The predicted octanol–water partition coefficient (Wildman–Crippen LogP) is 2.57. The van der Waals surface area contributed by atoms with Crippen molar-refractivity contribution in [1.29, 1.82) is 0 Å². The van der Waals surface area contributed by atoms with E-state index in [1.54, 1.807) is 0 Å². The molecule has 3 aliphatic heterocycles. The van der Waals surface area contributed by atoms with Gasteiger partial charge in [-0.25, -0.2) is 0 Å². The van der Waals surface area contributed by atoms with Crippen molar-refractivity contribution in [1.82, 2.24) is 4.90 Å². The lowest BCUT2D eigenvalue weighted by molar-refractivity contribution is 0.00563. The van der Waals surface area contributed by atoms with Crippen LogP contribution >= 0.6 is 0 Å². The third-order valence-corrected chi connectivity index (χ3v) is 67.0. The first kappa shape index (κ1) is 20.7. The van der Waals surface area contributed by atoms with Crippen molar-refractivity contribution in [2.45, 2.75) is 39.3 Å². The average molecular weight is 426 g/mol. The van der Waals surface area contributed by atoms with Crippen molar-refractivity contribution in [3.63, 3.8) is 0 Å². The standard InChI is InChI=1S/C18H35NO3Si4/c1-23(2,3)25(24(4,5)6,18-10-8-7-9-11-18)26-20-15-12-19(13-16-21-26)14-17-22-26/h7-11H,12-17H2,1-6H3. The van der Waals surface area contributed by atoms with Crippen molar-refractivity contribution in [3.05, 3.63) is 30.3 Å². The van der Waals surface area contributed by atoms with Crippen LogP contribution in [-0.4, -0.2) is 74.5 Å². The van der Waals surface area contributed by atoms with Gasteiger partial charge in [0.15, 0.2) is 6.63 Å². The highest BCUT2D eigenvalue weighted by molar-refractivity contribution is 7.90. The van der Waals surface area contributed by atoms with Gasteiger partial charge in [-0.2, -0.15) is 0 Å². The quantitative estimate of drug-likeness (QED) is 0.694. The van der Waals surface area contributed by atoms with Gasteiger partial charge < -0.3 is 13.3 Å². The first-order valence-electron chi connectivity index (χ1n) is 9.84. The zero-order valence-electron chi connectivity index (χ0n) is 17.3. The van der Waals surface area contributed by atoms with E-state index in [0.717, 1.165) is 39.5 Å². The molecule has 0 N–H and O–H groups in total. The van der Waals surface area contributed by atoms with Crippen molar-refractivity contribution >= 4 is 35.3 Å². The van der Waals surface area contributed by atoms with Gasteiger partial charge in [0.1, 0.15) is 0 Å². The van der Waals surface area contributed by atoms with Gasteiger partial charge in [-0.15, -0.1) is 0 Å². The van der Waals surface area contributed by atoms with Crippen LogP contribution in [0.2, 0.25) is 39.3 Å². The van der Waals surface area contributed by atoms with Crippen LogP contribution in [0.4, 0.5) is 0 Å². The minimum atomic E-state index is -2.78. The van der Waals surface area contributed by atoms with Crippen molar-refractivity contribution in [3.8, 4) is 0 Å². The molecule has 3 saturated heterocycles. The summed E-state index contributed by atoms with van der Waals surface area (Å²) in [5, 5.41) is 1.53. The summed E-state index contributed by atoms with van der Waals surface area (Å²) in [5.41, 5.74) is 0. The normalized spacial score (nSPS) is 28.3. The molecule has 0 unspecified atom stereocenters. The summed E-state index contributed by atoms with van der Waals surface area (Å²) in [6, 6.07) is 11.3. The molecule has 1 aromatic carbocycles. The van der Waals surface area contributed by atoms with Crippen molar-refractivity contribution in [2.24, 2.45) is 0 Å². The highest BCUT2D eigenvalue weighted by Gasteiger charge is 2.74. The maximum Gasteiger partial charge on any atom is 0.470 e. The topological polar surface area (TPSA) is 30.9 Å². The van der Waals surface area contributed by atoms with Gasteiger partial charge in [-0.05, 0) is 0 Å². The number of rotatable bonds is 4. The largest absolute Gasteiger partial charge is 0.470 e. The Morgan fingerprint density at radius 1 is 0.731 bits per heavy atom. The molecule has 3 heterocycles. The van der Waals surface area contributed by atoms with Gasteiger partial charge in [-0.1, -0.05) is 74.8 Å². The molecular formula is C18H35NO3Si4. The maximum absolute atomic E-state index is 6.80. The van der Waals surface area contributed by atoms with E-state index >= 15 is 0 Å². The average Bonchev–Trinajstić information content (AvgIpc) is 2.46. The van der Waals surface area contributed by atoms with Crippen LogP contribution in [-0.2, 0) is 13.3 Å². The Hall–Kier alpha value is -0.0725. The van der Waals surface area contributed by atoms with Crippen LogP contribution in [0.1, 0.15) is 0 Å². The number of fused-ring (bicyclic) bond motifs is 6. The predicted molar refractivity (Wildman–Crippen MR) is 119 cm³/mol. The molecule has 2 bridgehead atoms. The van der Waals surface area contributed by atoms with Gasteiger partial charge in [0.25, 0.3) is 0 Å². The number of hydrogen-bond donors (Lipinski definition) is 0. The van der Waals surface area contributed by atoms with Gasteiger partial charge in [-0.3, -0.25) is 4.90 Å². The lowest BCUT2D eigenvalue weighted by Crippen LogP contribution is -2.93. The number of benzene rings is 1. The third-order valence-electron chi connectivity index (χ3n) is 6.01. The van der Waals surface area contributed by atoms with Crippen molar-refractivity contribution in [2.75, 3.05) is 39.5 Å². The highest BCUT2D eigenvalue weighted by atomic mass is 29.9. The SMILES string of the molecule is C[Si](C)(C)[Si](c1ccccc1)([Si](C)(C)C)[Si]12OCCN(CCO1)CCO2. The number of hydrogen-bond acceptors (Lipinski definition) is 4. The molecule has 0 saturated carbocycles. The zero-order chi connectivity index (χ0) is 19.1. The summed E-state index contributed by atoms with van der Waals surface area (Å²) < 4.78 is 20.4. The Bertz CT molecular complexity index is 575. The fraction of sp³-hybridized carbons (Fsp3) is 0.667. The third kappa shape index (κ3) is 3.28. The molecule has 0 amide bonds. The monoisotopic (exact) mass is 425 g/mol. The summed E-state index contributed by atoms with van der Waals surface area (Å²) in [4.78, 5) is 2.41. The second-order valence-corrected chi connectivity index (χ2v) is 44.7. The van der Waals surface area contributed by atoms with E-state index in [-0.39, 0.29) is 0 Å². The van der Waals surface area contributed by atoms with Gasteiger partial charge >= 0.3 is 8.32 Å².